The van der Waals surface area contributed by atoms with Crippen molar-refractivity contribution in [3.63, 3.8) is 0 Å². The third-order valence-corrected chi connectivity index (χ3v) is 3.75. The Labute approximate surface area is 131 Å². The lowest BCUT2D eigenvalue weighted by Crippen LogP contribution is -2.18. The molecule has 108 valence electrons. The predicted molar refractivity (Wildman–Crippen MR) is 94.0 cm³/mol. The second-order valence-electron chi connectivity index (χ2n) is 5.05. The minimum Gasteiger partial charge on any atom is -0.267 e. The molecular weight excluding hydrogens is 276 g/mol. The highest BCUT2D eigenvalue weighted by Gasteiger charge is 2.01. The number of aryl methyl sites for hydroxylation is 2. The normalized spacial score (nSPS) is 11.3. The van der Waals surface area contributed by atoms with Crippen molar-refractivity contribution >= 4 is 22.9 Å². The van der Waals surface area contributed by atoms with Crippen LogP contribution in [-0.4, -0.2) is 10.7 Å². The molecule has 3 heteroatoms. The van der Waals surface area contributed by atoms with Crippen LogP contribution >= 0.6 is 12.2 Å². The maximum absolute atomic E-state index is 5.35. The van der Waals surface area contributed by atoms with Gasteiger partial charge in [-0.3, -0.25) is 5.43 Å². The zero-order chi connectivity index (χ0) is 15.2. The largest absolute Gasteiger partial charge is 0.267 e. The molecule has 0 saturated heterocycles. The van der Waals surface area contributed by atoms with Crippen LogP contribution in [0.25, 0.3) is 0 Å². The Morgan fingerprint density at radius 1 is 1.00 bits per heavy atom. The van der Waals surface area contributed by atoms with Gasteiger partial charge in [0.05, 0.1) is 5.71 Å². The lowest BCUT2D eigenvalue weighted by Gasteiger charge is -2.06. The third-order valence-electron chi connectivity index (χ3n) is 3.42. The summed E-state index contributed by atoms with van der Waals surface area (Å²) in [6.45, 7) is 6.19. The fraction of sp³-hybridized carbons (Fsp3) is 0.222. The Kier molecular flexibility index (Phi) is 5.23. The topological polar surface area (TPSA) is 24.4 Å². The van der Waals surface area contributed by atoms with E-state index >= 15 is 0 Å². The molecule has 0 fully saturated rings. The molecule has 21 heavy (non-hydrogen) atoms. The van der Waals surface area contributed by atoms with Gasteiger partial charge >= 0.3 is 0 Å². The molecule has 2 rings (SSSR count). The number of thiocarbonyl (C=S) groups is 1. The smallest absolute Gasteiger partial charge is 0.126 e. The van der Waals surface area contributed by atoms with E-state index in [2.05, 4.69) is 48.6 Å². The molecule has 1 N–H and O–H groups in total. The first-order chi connectivity index (χ1) is 10.1. The zero-order valence-electron chi connectivity index (χ0n) is 12.7. The monoisotopic (exact) mass is 296 g/mol. The molecule has 0 radical (unpaired) electrons. The summed E-state index contributed by atoms with van der Waals surface area (Å²) in [5.41, 5.74) is 8.52. The highest BCUT2D eigenvalue weighted by molar-refractivity contribution is 7.80. The molecular formula is C18H20N2S. The van der Waals surface area contributed by atoms with E-state index in [1.165, 1.54) is 11.1 Å². The molecule has 0 saturated carbocycles. The molecule has 0 bridgehead atoms. The van der Waals surface area contributed by atoms with Crippen molar-refractivity contribution in [2.24, 2.45) is 5.10 Å². The molecule has 0 aliphatic heterocycles. The van der Waals surface area contributed by atoms with Gasteiger partial charge in [-0.05, 0) is 31.4 Å². The van der Waals surface area contributed by atoms with Gasteiger partial charge in [-0.25, -0.2) is 0 Å². The van der Waals surface area contributed by atoms with Gasteiger partial charge in [0.1, 0.15) is 4.99 Å². The van der Waals surface area contributed by atoms with E-state index in [1.807, 2.05) is 31.2 Å². The number of hydrazone groups is 1. The van der Waals surface area contributed by atoms with Crippen LogP contribution < -0.4 is 5.43 Å². The first-order valence-corrected chi connectivity index (χ1v) is 7.51. The third kappa shape index (κ3) is 4.23. The van der Waals surface area contributed by atoms with Crippen molar-refractivity contribution in [1.29, 1.82) is 0 Å². The zero-order valence-corrected chi connectivity index (χ0v) is 13.5. The van der Waals surface area contributed by atoms with E-state index in [4.69, 9.17) is 12.2 Å². The number of nitrogens with zero attached hydrogens (tertiary/aromatic N) is 1. The molecule has 0 atom stereocenters. The Balaban J connectivity index is 2.05. The van der Waals surface area contributed by atoms with E-state index in [-0.39, 0.29) is 0 Å². The molecule has 2 nitrogen and oxygen atoms in total. The number of hydrogen-bond acceptors (Lipinski definition) is 2. The van der Waals surface area contributed by atoms with Gasteiger partial charge in [0.25, 0.3) is 0 Å². The summed E-state index contributed by atoms with van der Waals surface area (Å²) in [6.07, 6.45) is 1.05. The lowest BCUT2D eigenvalue weighted by atomic mass is 10.1. The second kappa shape index (κ2) is 7.14. The van der Waals surface area contributed by atoms with Crippen LogP contribution in [0.2, 0.25) is 0 Å². The van der Waals surface area contributed by atoms with Crippen LogP contribution in [0.3, 0.4) is 0 Å². The van der Waals surface area contributed by atoms with Gasteiger partial charge in [0.15, 0.2) is 0 Å². The first kappa shape index (κ1) is 15.4. The van der Waals surface area contributed by atoms with Gasteiger partial charge in [0.2, 0.25) is 0 Å². The Morgan fingerprint density at radius 3 is 2.14 bits per heavy atom. The molecule has 0 heterocycles. The number of hydrogen-bond donors (Lipinski definition) is 1. The van der Waals surface area contributed by atoms with Crippen LogP contribution in [-0.2, 0) is 6.42 Å². The fourth-order valence-corrected chi connectivity index (χ4v) is 2.13. The first-order valence-electron chi connectivity index (χ1n) is 7.10. The van der Waals surface area contributed by atoms with Gasteiger partial charge in [-0.1, -0.05) is 73.2 Å². The van der Waals surface area contributed by atoms with Crippen LogP contribution in [0.1, 0.15) is 36.1 Å². The van der Waals surface area contributed by atoms with E-state index in [0.717, 1.165) is 23.3 Å². The van der Waals surface area contributed by atoms with Crippen molar-refractivity contribution in [2.75, 3.05) is 0 Å². The summed E-state index contributed by atoms with van der Waals surface area (Å²) >= 11 is 5.35. The summed E-state index contributed by atoms with van der Waals surface area (Å²) in [7, 11) is 0. The van der Waals surface area contributed by atoms with Crippen LogP contribution in [0.5, 0.6) is 0 Å². The van der Waals surface area contributed by atoms with Gasteiger partial charge in [-0.2, -0.15) is 5.10 Å². The van der Waals surface area contributed by atoms with Crippen molar-refractivity contribution in [3.8, 4) is 0 Å². The van der Waals surface area contributed by atoms with Crippen LogP contribution in [0, 0.1) is 6.92 Å². The SMILES string of the molecule is CCc1ccc(/C(C)=N/NC(=S)c2ccc(C)cc2)cc1. The summed E-state index contributed by atoms with van der Waals surface area (Å²) < 4.78 is 0. The van der Waals surface area contributed by atoms with Crippen molar-refractivity contribution in [1.82, 2.24) is 5.43 Å². The molecule has 0 aliphatic carbocycles. The summed E-state index contributed by atoms with van der Waals surface area (Å²) in [4.78, 5) is 0.638. The van der Waals surface area contributed by atoms with E-state index < -0.39 is 0 Å². The molecule has 0 spiro atoms. The molecule has 2 aromatic rings. The highest BCUT2D eigenvalue weighted by atomic mass is 32.1. The van der Waals surface area contributed by atoms with Crippen LogP contribution in [0.4, 0.5) is 0 Å². The minimum atomic E-state index is 0.638. The Hall–Kier alpha value is -2.00. The number of benzene rings is 2. The minimum absolute atomic E-state index is 0.638. The molecule has 0 unspecified atom stereocenters. The van der Waals surface area contributed by atoms with Crippen LogP contribution in [0.15, 0.2) is 53.6 Å². The average molecular weight is 296 g/mol. The maximum atomic E-state index is 5.35. The average Bonchev–Trinajstić information content (AvgIpc) is 2.53. The molecule has 2 aromatic carbocycles. The van der Waals surface area contributed by atoms with Gasteiger partial charge < -0.3 is 0 Å². The Morgan fingerprint density at radius 2 is 1.57 bits per heavy atom. The quantitative estimate of drug-likeness (QED) is 0.518. The predicted octanol–water partition coefficient (Wildman–Crippen LogP) is 4.25. The number of rotatable bonds is 4. The standard InChI is InChI=1S/C18H20N2S/c1-4-15-7-11-16(12-8-15)14(3)19-20-18(21)17-9-5-13(2)6-10-17/h5-12H,4H2,1-3H3,(H,20,21)/b19-14+. The molecule has 0 aliphatic rings. The fourth-order valence-electron chi connectivity index (χ4n) is 1.95. The summed E-state index contributed by atoms with van der Waals surface area (Å²) in [6, 6.07) is 16.5. The van der Waals surface area contributed by atoms with Gasteiger partial charge in [0, 0.05) is 5.56 Å². The maximum Gasteiger partial charge on any atom is 0.126 e. The second-order valence-corrected chi connectivity index (χ2v) is 5.46. The lowest BCUT2D eigenvalue weighted by molar-refractivity contribution is 1.04. The van der Waals surface area contributed by atoms with E-state index in [0.29, 0.717) is 4.99 Å². The van der Waals surface area contributed by atoms with E-state index in [9.17, 15) is 0 Å². The van der Waals surface area contributed by atoms with Crippen molar-refractivity contribution in [3.05, 3.63) is 70.8 Å². The van der Waals surface area contributed by atoms with Crippen molar-refractivity contribution < 1.29 is 0 Å². The molecule has 0 aromatic heterocycles. The molecule has 0 amide bonds. The summed E-state index contributed by atoms with van der Waals surface area (Å²) in [5.74, 6) is 0. The number of nitrogens with one attached hydrogen (secondary N) is 1. The summed E-state index contributed by atoms with van der Waals surface area (Å²) in [5, 5.41) is 4.37. The van der Waals surface area contributed by atoms with Gasteiger partial charge in [-0.15, -0.1) is 0 Å². The highest BCUT2D eigenvalue weighted by Crippen LogP contribution is 2.07. The van der Waals surface area contributed by atoms with Crippen molar-refractivity contribution in [2.45, 2.75) is 27.2 Å². The van der Waals surface area contributed by atoms with E-state index in [1.54, 1.807) is 0 Å². The Bertz CT molecular complexity index is 640.